The number of piperazine rings is 1. The SMILES string of the molecule is CCOc1ccccc1N1CCN(C(C)C(=O)N2c3ccccc3Sc3ccccc32)CC1. The van der Waals surface area contributed by atoms with E-state index in [9.17, 15) is 4.79 Å². The van der Waals surface area contributed by atoms with Crippen molar-refractivity contribution in [3.8, 4) is 5.75 Å². The Bertz CT molecular complexity index is 1100. The first kappa shape index (κ1) is 21.9. The van der Waals surface area contributed by atoms with Crippen LogP contribution in [0.2, 0.25) is 0 Å². The zero-order valence-corrected chi connectivity index (χ0v) is 19.9. The summed E-state index contributed by atoms with van der Waals surface area (Å²) in [6, 6.07) is 24.4. The van der Waals surface area contributed by atoms with Crippen molar-refractivity contribution < 1.29 is 9.53 Å². The van der Waals surface area contributed by atoms with Crippen molar-refractivity contribution >= 4 is 34.7 Å². The summed E-state index contributed by atoms with van der Waals surface area (Å²) in [4.78, 5) is 22.7. The van der Waals surface area contributed by atoms with Gasteiger partial charge in [0.1, 0.15) is 5.75 Å². The number of nitrogens with zero attached hydrogens (tertiary/aromatic N) is 3. The molecule has 1 saturated heterocycles. The number of hydrogen-bond acceptors (Lipinski definition) is 5. The van der Waals surface area contributed by atoms with Crippen LogP contribution >= 0.6 is 11.8 Å². The summed E-state index contributed by atoms with van der Waals surface area (Å²) >= 11 is 1.73. The molecular weight excluding hydrogens is 430 g/mol. The highest BCUT2D eigenvalue weighted by molar-refractivity contribution is 7.99. The molecule has 2 aliphatic heterocycles. The fourth-order valence-corrected chi connectivity index (χ4v) is 5.69. The molecule has 0 aliphatic carbocycles. The lowest BCUT2D eigenvalue weighted by atomic mass is 10.1. The van der Waals surface area contributed by atoms with Gasteiger partial charge in [-0.1, -0.05) is 48.2 Å². The van der Waals surface area contributed by atoms with E-state index >= 15 is 0 Å². The van der Waals surface area contributed by atoms with Crippen molar-refractivity contribution in [1.29, 1.82) is 0 Å². The summed E-state index contributed by atoms with van der Waals surface area (Å²) in [6.07, 6.45) is 0. The Kier molecular flexibility index (Phi) is 6.29. The van der Waals surface area contributed by atoms with Crippen molar-refractivity contribution in [2.75, 3.05) is 42.6 Å². The molecule has 1 unspecified atom stereocenters. The molecule has 1 fully saturated rings. The number of rotatable bonds is 5. The predicted octanol–water partition coefficient (Wildman–Crippen LogP) is 5.43. The summed E-state index contributed by atoms with van der Waals surface area (Å²) in [5.41, 5.74) is 3.08. The molecule has 0 radical (unpaired) electrons. The van der Waals surface area contributed by atoms with Crippen molar-refractivity contribution in [3.05, 3.63) is 72.8 Å². The van der Waals surface area contributed by atoms with Gasteiger partial charge in [-0.25, -0.2) is 0 Å². The number of anilines is 3. The van der Waals surface area contributed by atoms with Gasteiger partial charge in [0.15, 0.2) is 0 Å². The summed E-state index contributed by atoms with van der Waals surface area (Å²) in [6.45, 7) is 8.10. The van der Waals surface area contributed by atoms with Gasteiger partial charge >= 0.3 is 0 Å². The van der Waals surface area contributed by atoms with Gasteiger partial charge in [-0.3, -0.25) is 14.6 Å². The van der Waals surface area contributed by atoms with Crippen LogP contribution in [0.3, 0.4) is 0 Å². The zero-order chi connectivity index (χ0) is 22.8. The highest BCUT2D eigenvalue weighted by Crippen LogP contribution is 2.48. The first-order valence-electron chi connectivity index (χ1n) is 11.6. The van der Waals surface area contributed by atoms with Crippen molar-refractivity contribution in [1.82, 2.24) is 4.90 Å². The molecule has 0 aromatic heterocycles. The van der Waals surface area contributed by atoms with Gasteiger partial charge in [-0.15, -0.1) is 0 Å². The highest BCUT2D eigenvalue weighted by atomic mass is 32.2. The number of hydrogen-bond donors (Lipinski definition) is 0. The Balaban J connectivity index is 1.34. The number of amides is 1. The monoisotopic (exact) mass is 459 g/mol. The van der Waals surface area contributed by atoms with Gasteiger partial charge in [0.25, 0.3) is 0 Å². The molecule has 3 aromatic rings. The lowest BCUT2D eigenvalue weighted by Crippen LogP contribution is -2.54. The van der Waals surface area contributed by atoms with Gasteiger partial charge in [-0.2, -0.15) is 0 Å². The minimum atomic E-state index is -0.210. The first-order valence-corrected chi connectivity index (χ1v) is 12.4. The number of benzene rings is 3. The lowest BCUT2D eigenvalue weighted by molar-refractivity contribution is -0.122. The van der Waals surface area contributed by atoms with Crippen LogP contribution in [0.25, 0.3) is 0 Å². The number of fused-ring (bicyclic) bond motifs is 2. The third-order valence-corrected chi connectivity index (χ3v) is 7.51. The molecule has 33 heavy (non-hydrogen) atoms. The Hall–Kier alpha value is -2.96. The van der Waals surface area contributed by atoms with E-state index in [1.807, 2.05) is 67.3 Å². The Labute approximate surface area is 199 Å². The average Bonchev–Trinajstić information content (AvgIpc) is 2.87. The second kappa shape index (κ2) is 9.49. The molecule has 2 heterocycles. The third kappa shape index (κ3) is 4.21. The molecule has 5 nitrogen and oxygen atoms in total. The minimum Gasteiger partial charge on any atom is -0.492 e. The van der Waals surface area contributed by atoms with E-state index in [4.69, 9.17) is 4.74 Å². The van der Waals surface area contributed by atoms with E-state index in [0.717, 1.165) is 58.8 Å². The van der Waals surface area contributed by atoms with E-state index in [0.29, 0.717) is 6.61 Å². The van der Waals surface area contributed by atoms with Crippen LogP contribution in [0.15, 0.2) is 82.6 Å². The summed E-state index contributed by atoms with van der Waals surface area (Å²) in [5.74, 6) is 1.05. The number of carbonyl (C=O) groups is 1. The molecule has 170 valence electrons. The topological polar surface area (TPSA) is 36.0 Å². The minimum absolute atomic E-state index is 0.123. The van der Waals surface area contributed by atoms with E-state index in [1.165, 1.54) is 0 Å². The van der Waals surface area contributed by atoms with E-state index < -0.39 is 0 Å². The van der Waals surface area contributed by atoms with Crippen LogP contribution in [-0.4, -0.2) is 49.6 Å². The molecular formula is C27H29N3O2S. The Morgan fingerprint density at radius 3 is 2.00 bits per heavy atom. The Morgan fingerprint density at radius 1 is 0.848 bits per heavy atom. The first-order chi connectivity index (χ1) is 16.2. The van der Waals surface area contributed by atoms with Crippen LogP contribution in [0.4, 0.5) is 17.1 Å². The van der Waals surface area contributed by atoms with Crippen LogP contribution < -0.4 is 14.5 Å². The second-order valence-corrected chi connectivity index (χ2v) is 9.39. The summed E-state index contributed by atoms with van der Waals surface area (Å²) in [7, 11) is 0. The molecule has 0 bridgehead atoms. The number of carbonyl (C=O) groups excluding carboxylic acids is 1. The van der Waals surface area contributed by atoms with Crippen molar-refractivity contribution in [3.63, 3.8) is 0 Å². The van der Waals surface area contributed by atoms with Crippen LogP contribution in [0, 0.1) is 0 Å². The predicted molar refractivity (Wildman–Crippen MR) is 135 cm³/mol. The van der Waals surface area contributed by atoms with Crippen LogP contribution in [0.1, 0.15) is 13.8 Å². The maximum Gasteiger partial charge on any atom is 0.248 e. The average molecular weight is 460 g/mol. The normalized spacial score (nSPS) is 16.7. The molecule has 0 saturated carbocycles. The molecule has 2 aliphatic rings. The smallest absolute Gasteiger partial charge is 0.248 e. The van der Waals surface area contributed by atoms with Gasteiger partial charge in [0.05, 0.1) is 29.7 Å². The highest BCUT2D eigenvalue weighted by Gasteiger charge is 2.34. The molecule has 1 atom stereocenters. The van der Waals surface area contributed by atoms with Gasteiger partial charge in [0, 0.05) is 36.0 Å². The molecule has 1 amide bonds. The van der Waals surface area contributed by atoms with Gasteiger partial charge in [-0.05, 0) is 50.2 Å². The van der Waals surface area contributed by atoms with Crippen molar-refractivity contribution in [2.45, 2.75) is 29.7 Å². The summed E-state index contributed by atoms with van der Waals surface area (Å²) < 4.78 is 5.83. The van der Waals surface area contributed by atoms with E-state index in [2.05, 4.69) is 34.1 Å². The molecule has 3 aromatic carbocycles. The van der Waals surface area contributed by atoms with Crippen LogP contribution in [0.5, 0.6) is 5.75 Å². The van der Waals surface area contributed by atoms with Gasteiger partial charge < -0.3 is 9.64 Å². The molecule has 0 N–H and O–H groups in total. The molecule has 5 rings (SSSR count). The van der Waals surface area contributed by atoms with Gasteiger partial charge in [0.2, 0.25) is 5.91 Å². The molecule has 6 heteroatoms. The van der Waals surface area contributed by atoms with E-state index in [1.54, 1.807) is 11.8 Å². The van der Waals surface area contributed by atoms with Crippen LogP contribution in [-0.2, 0) is 4.79 Å². The van der Waals surface area contributed by atoms with Crippen molar-refractivity contribution in [2.24, 2.45) is 0 Å². The standard InChI is InChI=1S/C27H29N3O2S/c1-3-32-24-13-7-4-10-21(24)29-18-16-28(17-19-29)20(2)27(31)30-22-11-5-8-14-25(22)33-26-15-9-6-12-23(26)30/h4-15,20H,3,16-19H2,1-2H3. The zero-order valence-electron chi connectivity index (χ0n) is 19.1. The Morgan fingerprint density at radius 2 is 1.39 bits per heavy atom. The largest absolute Gasteiger partial charge is 0.492 e. The second-order valence-electron chi connectivity index (χ2n) is 8.31. The fourth-order valence-electron chi connectivity index (χ4n) is 4.63. The quantitative estimate of drug-likeness (QED) is 0.509. The molecule has 0 spiro atoms. The third-order valence-electron chi connectivity index (χ3n) is 6.38. The maximum atomic E-state index is 13.9. The van der Waals surface area contributed by atoms with E-state index in [-0.39, 0.29) is 11.9 Å². The number of ether oxygens (including phenoxy) is 1. The maximum absolute atomic E-state index is 13.9. The number of para-hydroxylation sites is 4. The summed E-state index contributed by atoms with van der Waals surface area (Å²) in [5, 5.41) is 0. The lowest BCUT2D eigenvalue weighted by Gasteiger charge is -2.41. The fraction of sp³-hybridized carbons (Fsp3) is 0.296.